The van der Waals surface area contributed by atoms with Crippen molar-refractivity contribution in [1.82, 2.24) is 0 Å². The van der Waals surface area contributed by atoms with Crippen molar-refractivity contribution in [3.63, 3.8) is 0 Å². The maximum absolute atomic E-state index is 12.3. The molecule has 0 aliphatic heterocycles. The van der Waals surface area contributed by atoms with E-state index in [1.807, 2.05) is 36.4 Å². The van der Waals surface area contributed by atoms with Crippen LogP contribution in [-0.4, -0.2) is 41.1 Å². The first-order valence-corrected chi connectivity index (χ1v) is 12.3. The molecule has 0 heterocycles. The molecule has 5 nitrogen and oxygen atoms in total. The first kappa shape index (κ1) is 23.0. The summed E-state index contributed by atoms with van der Waals surface area (Å²) in [4.78, 5) is 24.5. The predicted molar refractivity (Wildman–Crippen MR) is 123 cm³/mol. The molecule has 0 amide bonds. The lowest BCUT2D eigenvalue weighted by Gasteiger charge is -2.43. The zero-order chi connectivity index (χ0) is 22.7. The number of hydrogen-bond acceptors (Lipinski definition) is 5. The number of rotatable bonds is 8. The van der Waals surface area contributed by atoms with Crippen LogP contribution in [0.1, 0.15) is 27.2 Å². The third-order valence-electron chi connectivity index (χ3n) is 5.94. The van der Waals surface area contributed by atoms with Crippen LogP contribution in [0.3, 0.4) is 0 Å². The highest BCUT2D eigenvalue weighted by Crippen LogP contribution is 2.48. The summed E-state index contributed by atoms with van der Waals surface area (Å²) in [5.41, 5.74) is -0.706. The molecule has 164 valence electrons. The van der Waals surface area contributed by atoms with E-state index < -0.39 is 25.7 Å². The molecule has 0 atom stereocenters. The number of carbonyl (C=O) groups excluding carboxylic acids is 2. The van der Waals surface area contributed by atoms with Crippen LogP contribution in [0, 0.1) is 5.41 Å². The Labute approximate surface area is 185 Å². The van der Waals surface area contributed by atoms with Gasteiger partial charge < -0.3 is 13.9 Å². The number of benzene rings is 2. The molecule has 0 bridgehead atoms. The molecule has 6 heteroatoms. The molecule has 0 radical (unpaired) electrons. The summed E-state index contributed by atoms with van der Waals surface area (Å²) < 4.78 is 16.5. The minimum absolute atomic E-state index is 0.143. The maximum Gasteiger partial charge on any atom is 0.331 e. The monoisotopic (exact) mass is 438 g/mol. The first-order valence-electron chi connectivity index (χ1n) is 10.4. The molecular weight excluding hydrogens is 408 g/mol. The van der Waals surface area contributed by atoms with E-state index in [9.17, 15) is 9.59 Å². The standard InChI is InChI=1S/C25H30O5Si/c1-24(2,3)31(20-12-8-6-9-13-20,21-14-10-7-11-15-21)30-17-16-19-18-25(19,22(26)28-4)23(27)29-5/h6-15,18H,16-17H2,1-5H3. The number of ether oxygens (including phenoxy) is 2. The Hall–Kier alpha value is -2.70. The van der Waals surface area contributed by atoms with Crippen molar-refractivity contribution in [2.75, 3.05) is 20.8 Å². The van der Waals surface area contributed by atoms with Gasteiger partial charge >= 0.3 is 11.9 Å². The Bertz CT molecular complexity index is 905. The van der Waals surface area contributed by atoms with Crippen molar-refractivity contribution in [3.8, 4) is 0 Å². The van der Waals surface area contributed by atoms with Gasteiger partial charge in [-0.3, -0.25) is 9.59 Å². The minimum atomic E-state index is -2.67. The van der Waals surface area contributed by atoms with E-state index in [-0.39, 0.29) is 5.04 Å². The third-order valence-corrected chi connectivity index (χ3v) is 11.0. The largest absolute Gasteiger partial charge is 0.468 e. The fraction of sp³-hybridized carbons (Fsp3) is 0.360. The Morgan fingerprint density at radius 1 is 0.839 bits per heavy atom. The van der Waals surface area contributed by atoms with Crippen LogP contribution in [0.15, 0.2) is 72.3 Å². The number of esters is 2. The highest BCUT2D eigenvalue weighted by atomic mass is 28.4. The van der Waals surface area contributed by atoms with Gasteiger partial charge in [0.1, 0.15) is 0 Å². The Balaban J connectivity index is 1.90. The molecule has 2 aromatic carbocycles. The van der Waals surface area contributed by atoms with Crippen LogP contribution in [0.4, 0.5) is 0 Å². The van der Waals surface area contributed by atoms with E-state index in [1.165, 1.54) is 24.6 Å². The fourth-order valence-electron chi connectivity index (χ4n) is 4.36. The number of carbonyl (C=O) groups is 2. The summed E-state index contributed by atoms with van der Waals surface area (Å²) in [7, 11) is -0.118. The quantitative estimate of drug-likeness (QED) is 0.274. The van der Waals surface area contributed by atoms with Crippen LogP contribution in [0.5, 0.6) is 0 Å². The highest BCUT2D eigenvalue weighted by molar-refractivity contribution is 6.99. The lowest BCUT2D eigenvalue weighted by molar-refractivity contribution is -0.159. The van der Waals surface area contributed by atoms with Crippen LogP contribution < -0.4 is 10.4 Å². The molecule has 2 aromatic rings. The van der Waals surface area contributed by atoms with Crippen molar-refractivity contribution in [1.29, 1.82) is 0 Å². The topological polar surface area (TPSA) is 61.8 Å². The second-order valence-electron chi connectivity index (χ2n) is 8.72. The molecule has 0 saturated heterocycles. The SMILES string of the molecule is COC(=O)C1(C(=O)OC)C=C1CCO[Si](c1ccccc1)(c1ccccc1)C(C)(C)C. The van der Waals surface area contributed by atoms with Crippen molar-refractivity contribution in [2.45, 2.75) is 32.2 Å². The van der Waals surface area contributed by atoms with Gasteiger partial charge in [0.05, 0.1) is 14.2 Å². The molecular formula is C25H30O5Si. The zero-order valence-corrected chi connectivity index (χ0v) is 19.8. The van der Waals surface area contributed by atoms with Gasteiger partial charge in [-0.1, -0.05) is 87.5 Å². The molecule has 0 saturated carbocycles. The predicted octanol–water partition coefficient (Wildman–Crippen LogP) is 3.23. The Morgan fingerprint density at radius 2 is 1.29 bits per heavy atom. The summed E-state index contributed by atoms with van der Waals surface area (Å²) in [5, 5.41) is 2.23. The van der Waals surface area contributed by atoms with Crippen molar-refractivity contribution >= 4 is 30.6 Å². The lowest BCUT2D eigenvalue weighted by atomic mass is 9.99. The van der Waals surface area contributed by atoms with E-state index >= 15 is 0 Å². The zero-order valence-electron chi connectivity index (χ0n) is 18.8. The van der Waals surface area contributed by atoms with E-state index in [1.54, 1.807) is 6.08 Å². The maximum atomic E-state index is 12.3. The van der Waals surface area contributed by atoms with Crippen LogP contribution >= 0.6 is 0 Å². The summed E-state index contributed by atoms with van der Waals surface area (Å²) in [6.45, 7) is 7.02. The molecule has 0 fully saturated rings. The van der Waals surface area contributed by atoms with Gasteiger partial charge in [0.15, 0.2) is 0 Å². The van der Waals surface area contributed by atoms with Crippen LogP contribution in [0.25, 0.3) is 0 Å². The summed E-state index contributed by atoms with van der Waals surface area (Å²) >= 11 is 0. The first-order chi connectivity index (χ1) is 14.7. The van der Waals surface area contributed by atoms with E-state index in [0.29, 0.717) is 18.6 Å². The summed E-state index contributed by atoms with van der Waals surface area (Å²) in [6, 6.07) is 20.7. The number of methoxy groups -OCH3 is 2. The molecule has 31 heavy (non-hydrogen) atoms. The normalized spacial score (nSPS) is 15.1. The van der Waals surface area contributed by atoms with Gasteiger partial charge in [0, 0.05) is 6.61 Å². The average Bonchev–Trinajstić information content (AvgIpc) is 3.51. The molecule has 1 aliphatic rings. The van der Waals surface area contributed by atoms with E-state index in [2.05, 4.69) is 45.0 Å². The molecule has 0 spiro atoms. The highest BCUT2D eigenvalue weighted by Gasteiger charge is 2.59. The molecule has 0 unspecified atom stereocenters. The van der Waals surface area contributed by atoms with Crippen molar-refractivity contribution in [3.05, 3.63) is 72.3 Å². The minimum Gasteiger partial charge on any atom is -0.468 e. The second-order valence-corrected chi connectivity index (χ2v) is 13.0. The Morgan fingerprint density at radius 3 is 1.68 bits per heavy atom. The molecule has 0 N–H and O–H groups in total. The lowest BCUT2D eigenvalue weighted by Crippen LogP contribution is -2.66. The van der Waals surface area contributed by atoms with Gasteiger partial charge in [0.25, 0.3) is 8.32 Å². The van der Waals surface area contributed by atoms with Crippen molar-refractivity contribution in [2.24, 2.45) is 5.41 Å². The van der Waals surface area contributed by atoms with Gasteiger partial charge in [-0.05, 0) is 27.4 Å². The Kier molecular flexibility index (Phi) is 6.53. The van der Waals surface area contributed by atoms with Gasteiger partial charge in [0.2, 0.25) is 5.41 Å². The summed E-state index contributed by atoms with van der Waals surface area (Å²) in [5.74, 6) is -1.22. The van der Waals surface area contributed by atoms with Gasteiger partial charge in [-0.25, -0.2) is 0 Å². The molecule has 3 rings (SSSR count). The van der Waals surface area contributed by atoms with Crippen molar-refractivity contribution < 1.29 is 23.5 Å². The van der Waals surface area contributed by atoms with E-state index in [4.69, 9.17) is 13.9 Å². The fourth-order valence-corrected chi connectivity index (χ4v) is 8.92. The van der Waals surface area contributed by atoms with Gasteiger partial charge in [-0.15, -0.1) is 0 Å². The number of hydrogen-bond donors (Lipinski definition) is 0. The smallest absolute Gasteiger partial charge is 0.331 e. The molecule has 0 aromatic heterocycles. The van der Waals surface area contributed by atoms with Crippen LogP contribution in [-0.2, 0) is 23.5 Å². The van der Waals surface area contributed by atoms with Gasteiger partial charge in [-0.2, -0.15) is 0 Å². The molecule has 1 aliphatic carbocycles. The van der Waals surface area contributed by atoms with Crippen LogP contribution in [0.2, 0.25) is 5.04 Å². The van der Waals surface area contributed by atoms with E-state index in [0.717, 1.165) is 0 Å². The third kappa shape index (κ3) is 3.97. The second kappa shape index (κ2) is 8.81. The summed E-state index contributed by atoms with van der Waals surface area (Å²) in [6.07, 6.45) is 2.08. The average molecular weight is 439 g/mol.